The van der Waals surface area contributed by atoms with Gasteiger partial charge in [0.15, 0.2) is 0 Å². The number of nitrogens with one attached hydrogen (secondary N) is 1. The van der Waals surface area contributed by atoms with E-state index in [0.29, 0.717) is 13.1 Å². The molecule has 2 aromatic carbocycles. The molecule has 0 aliphatic carbocycles. The maximum Gasteiger partial charge on any atom is 0.319 e. The minimum atomic E-state index is -0.297. The highest BCUT2D eigenvalue weighted by molar-refractivity contribution is 9.10. The summed E-state index contributed by atoms with van der Waals surface area (Å²) >= 11 is 3.50. The van der Waals surface area contributed by atoms with Crippen LogP contribution in [0.15, 0.2) is 46.9 Å². The van der Waals surface area contributed by atoms with E-state index in [9.17, 15) is 4.79 Å². The number of rotatable bonds is 10. The van der Waals surface area contributed by atoms with Gasteiger partial charge in [-0.3, -0.25) is 9.69 Å². The average Bonchev–Trinajstić information content (AvgIpc) is 2.67. The lowest BCUT2D eigenvalue weighted by Gasteiger charge is -2.34. The first-order chi connectivity index (χ1) is 13.8. The van der Waals surface area contributed by atoms with Crippen LogP contribution in [-0.2, 0) is 16.1 Å². The molecule has 7 heteroatoms. The van der Waals surface area contributed by atoms with Gasteiger partial charge in [0.1, 0.15) is 11.5 Å². The highest BCUT2D eigenvalue weighted by Gasteiger charge is 2.24. The lowest BCUT2D eigenvalue weighted by molar-refractivity contribution is -0.142. The number of hydrogen-bond acceptors (Lipinski definition) is 6. The number of anilines is 1. The number of carbonyl (C=O) groups excluding carboxylic acids is 1. The lowest BCUT2D eigenvalue weighted by atomic mass is 10.0. The van der Waals surface area contributed by atoms with Crippen LogP contribution in [0.5, 0.6) is 11.5 Å². The number of ether oxygens (including phenoxy) is 3. The molecule has 6 nitrogen and oxygen atoms in total. The van der Waals surface area contributed by atoms with Crippen LogP contribution in [0.1, 0.15) is 19.4 Å². The summed E-state index contributed by atoms with van der Waals surface area (Å²) in [5, 5.41) is 3.54. The Hall–Kier alpha value is -2.25. The Labute approximate surface area is 181 Å². The monoisotopic (exact) mass is 464 g/mol. The summed E-state index contributed by atoms with van der Waals surface area (Å²) in [5.41, 5.74) is 1.68. The van der Waals surface area contributed by atoms with Crippen LogP contribution in [0, 0.1) is 0 Å². The van der Waals surface area contributed by atoms with Gasteiger partial charge in [0, 0.05) is 40.4 Å². The molecule has 2 aromatic rings. The molecule has 0 amide bonds. The zero-order chi connectivity index (χ0) is 21.4. The quantitative estimate of drug-likeness (QED) is 0.527. The van der Waals surface area contributed by atoms with Crippen molar-refractivity contribution in [1.29, 1.82) is 0 Å². The standard InChI is InChI=1S/C22H29BrN2O4/c1-22(2,24-18-8-6-7-17(23)11-18)15-25(14-21(26)29-5)13-16-9-10-19(27-3)12-20(16)28-4/h6-12,24H,13-15H2,1-5H3. The molecule has 0 unspecified atom stereocenters. The summed E-state index contributed by atoms with van der Waals surface area (Å²) in [6.07, 6.45) is 0. The van der Waals surface area contributed by atoms with Gasteiger partial charge in [-0.05, 0) is 38.1 Å². The van der Waals surface area contributed by atoms with Gasteiger partial charge in [-0.1, -0.05) is 28.1 Å². The van der Waals surface area contributed by atoms with Gasteiger partial charge in [-0.15, -0.1) is 0 Å². The molecule has 0 bridgehead atoms. The van der Waals surface area contributed by atoms with Crippen LogP contribution >= 0.6 is 15.9 Å². The molecule has 2 rings (SSSR count). The minimum Gasteiger partial charge on any atom is -0.497 e. The molecule has 0 aliphatic rings. The lowest BCUT2D eigenvalue weighted by Crippen LogP contribution is -2.45. The Morgan fingerprint density at radius 1 is 1.10 bits per heavy atom. The fraction of sp³-hybridized carbons (Fsp3) is 0.409. The normalized spacial score (nSPS) is 11.3. The number of esters is 1. The molecule has 0 saturated carbocycles. The molecule has 1 N–H and O–H groups in total. The zero-order valence-electron chi connectivity index (χ0n) is 17.6. The summed E-state index contributed by atoms with van der Waals surface area (Å²) in [4.78, 5) is 14.1. The minimum absolute atomic E-state index is 0.176. The molecule has 0 spiro atoms. The van der Waals surface area contributed by atoms with E-state index in [4.69, 9.17) is 14.2 Å². The van der Waals surface area contributed by atoms with Gasteiger partial charge in [0.2, 0.25) is 0 Å². The van der Waals surface area contributed by atoms with Gasteiger partial charge < -0.3 is 19.5 Å². The maximum atomic E-state index is 12.0. The molecule has 0 fully saturated rings. The fourth-order valence-electron chi connectivity index (χ4n) is 3.19. The first-order valence-electron chi connectivity index (χ1n) is 9.30. The third-order valence-corrected chi connectivity index (χ3v) is 4.89. The third kappa shape index (κ3) is 7.25. The van der Waals surface area contributed by atoms with Crippen molar-refractivity contribution in [2.75, 3.05) is 39.7 Å². The van der Waals surface area contributed by atoms with E-state index in [0.717, 1.165) is 27.2 Å². The SMILES string of the molecule is COC(=O)CN(Cc1ccc(OC)cc1OC)CC(C)(C)Nc1cccc(Br)c1. The third-order valence-electron chi connectivity index (χ3n) is 4.39. The molecule has 0 saturated heterocycles. The molecular formula is C22H29BrN2O4. The maximum absolute atomic E-state index is 12.0. The van der Waals surface area contributed by atoms with Crippen LogP contribution in [0.4, 0.5) is 5.69 Å². The Balaban J connectivity index is 2.20. The van der Waals surface area contributed by atoms with E-state index >= 15 is 0 Å². The molecule has 158 valence electrons. The first kappa shape index (κ1) is 23.0. The second-order valence-corrected chi connectivity index (χ2v) is 8.33. The highest BCUT2D eigenvalue weighted by atomic mass is 79.9. The number of nitrogens with zero attached hydrogens (tertiary/aromatic N) is 1. The van der Waals surface area contributed by atoms with E-state index in [1.165, 1.54) is 7.11 Å². The smallest absolute Gasteiger partial charge is 0.319 e. The molecule has 0 aromatic heterocycles. The van der Waals surface area contributed by atoms with Crippen molar-refractivity contribution >= 4 is 27.6 Å². The van der Waals surface area contributed by atoms with Crippen LogP contribution in [0.3, 0.4) is 0 Å². The van der Waals surface area contributed by atoms with Gasteiger partial charge in [-0.2, -0.15) is 0 Å². The molecule has 0 heterocycles. The van der Waals surface area contributed by atoms with Crippen LogP contribution in [-0.4, -0.2) is 50.8 Å². The largest absolute Gasteiger partial charge is 0.497 e. The number of hydrogen-bond donors (Lipinski definition) is 1. The summed E-state index contributed by atoms with van der Waals surface area (Å²) in [5.74, 6) is 1.16. The van der Waals surface area contributed by atoms with Gasteiger partial charge in [0.25, 0.3) is 0 Å². The number of carbonyl (C=O) groups is 1. The van der Waals surface area contributed by atoms with Gasteiger partial charge in [0.05, 0.1) is 27.9 Å². The van der Waals surface area contributed by atoms with Crippen molar-refractivity contribution in [1.82, 2.24) is 4.90 Å². The predicted molar refractivity (Wildman–Crippen MR) is 119 cm³/mol. The summed E-state index contributed by atoms with van der Waals surface area (Å²) in [6, 6.07) is 13.7. The van der Waals surface area contributed by atoms with Crippen LogP contribution in [0.2, 0.25) is 0 Å². The summed E-state index contributed by atoms with van der Waals surface area (Å²) in [6.45, 7) is 5.53. The first-order valence-corrected chi connectivity index (χ1v) is 10.1. The van der Waals surface area contributed by atoms with Crippen molar-refractivity contribution in [3.05, 3.63) is 52.5 Å². The van der Waals surface area contributed by atoms with Gasteiger partial charge in [-0.25, -0.2) is 0 Å². The predicted octanol–water partition coefficient (Wildman–Crippen LogP) is 4.33. The second kappa shape index (κ2) is 10.5. The Kier molecular flexibility index (Phi) is 8.34. The highest BCUT2D eigenvalue weighted by Crippen LogP contribution is 2.27. The zero-order valence-corrected chi connectivity index (χ0v) is 19.2. The van der Waals surface area contributed by atoms with Crippen molar-refractivity contribution in [3.63, 3.8) is 0 Å². The van der Waals surface area contributed by atoms with E-state index in [1.807, 2.05) is 47.4 Å². The van der Waals surface area contributed by atoms with Crippen molar-refractivity contribution in [2.24, 2.45) is 0 Å². The molecule has 29 heavy (non-hydrogen) atoms. The molecule has 0 aliphatic heterocycles. The number of halogens is 1. The van der Waals surface area contributed by atoms with E-state index in [1.54, 1.807) is 14.2 Å². The van der Waals surface area contributed by atoms with Gasteiger partial charge >= 0.3 is 5.97 Å². The molecular weight excluding hydrogens is 436 g/mol. The van der Waals surface area contributed by atoms with Crippen molar-refractivity contribution < 1.29 is 19.0 Å². The Morgan fingerprint density at radius 3 is 2.48 bits per heavy atom. The van der Waals surface area contributed by atoms with Crippen LogP contribution in [0.25, 0.3) is 0 Å². The van der Waals surface area contributed by atoms with Crippen molar-refractivity contribution in [3.8, 4) is 11.5 Å². The van der Waals surface area contributed by atoms with Crippen LogP contribution < -0.4 is 14.8 Å². The molecule has 0 atom stereocenters. The average molecular weight is 465 g/mol. The van der Waals surface area contributed by atoms with E-state index in [2.05, 4.69) is 35.1 Å². The molecule has 0 radical (unpaired) electrons. The Bertz CT molecular complexity index is 826. The number of benzene rings is 2. The van der Waals surface area contributed by atoms with Crippen molar-refractivity contribution in [2.45, 2.75) is 25.9 Å². The number of methoxy groups -OCH3 is 3. The van der Waals surface area contributed by atoms with E-state index < -0.39 is 0 Å². The van der Waals surface area contributed by atoms with E-state index in [-0.39, 0.29) is 18.1 Å². The Morgan fingerprint density at radius 2 is 1.86 bits per heavy atom. The summed E-state index contributed by atoms with van der Waals surface area (Å²) < 4.78 is 16.7. The topological polar surface area (TPSA) is 60.0 Å². The second-order valence-electron chi connectivity index (χ2n) is 7.42. The summed E-state index contributed by atoms with van der Waals surface area (Å²) in [7, 11) is 4.65. The fourth-order valence-corrected chi connectivity index (χ4v) is 3.59.